The Bertz CT molecular complexity index is 409. The minimum Gasteiger partial charge on any atom is -0.398 e. The lowest BCUT2D eigenvalue weighted by atomic mass is 10.1. The normalized spacial score (nSPS) is 9.20. The lowest BCUT2D eigenvalue weighted by molar-refractivity contribution is -0.109. The van der Waals surface area contributed by atoms with E-state index in [4.69, 9.17) is 5.73 Å². The fourth-order valence-corrected chi connectivity index (χ4v) is 1.47. The van der Waals surface area contributed by atoms with Crippen LogP contribution in [0.25, 0.3) is 0 Å². The number of carbonyl (C=O) groups is 1. The van der Waals surface area contributed by atoms with Crippen LogP contribution < -0.4 is 5.73 Å². The summed E-state index contributed by atoms with van der Waals surface area (Å²) >= 11 is 1.21. The highest BCUT2D eigenvalue weighted by atomic mass is 32.2. The smallest absolute Gasteiger partial charge is 0.186 e. The molecule has 0 fully saturated rings. The molecule has 0 heterocycles. The van der Waals surface area contributed by atoms with Gasteiger partial charge in [0.25, 0.3) is 0 Å². The molecule has 0 atom stereocenters. The number of nitrogen functional groups attached to an aromatic ring is 1. The first-order valence-electron chi connectivity index (χ1n) is 4.58. The van der Waals surface area contributed by atoms with E-state index in [9.17, 15) is 4.79 Å². The van der Waals surface area contributed by atoms with Gasteiger partial charge in [-0.05, 0) is 18.6 Å². The maximum atomic E-state index is 10.7. The van der Waals surface area contributed by atoms with Gasteiger partial charge in [0.1, 0.15) is 0 Å². The largest absolute Gasteiger partial charge is 0.398 e. The number of hydrogen-bond acceptors (Lipinski definition) is 3. The zero-order valence-electron chi connectivity index (χ0n) is 8.83. The summed E-state index contributed by atoms with van der Waals surface area (Å²) in [6, 6.07) is 5.70. The minimum absolute atomic E-state index is 0.0852. The van der Waals surface area contributed by atoms with E-state index in [1.54, 1.807) is 0 Å². The number of anilines is 1. The van der Waals surface area contributed by atoms with Crippen molar-refractivity contribution >= 4 is 22.6 Å². The Kier molecular flexibility index (Phi) is 4.26. The summed E-state index contributed by atoms with van der Waals surface area (Å²) in [5.41, 5.74) is 8.41. The lowest BCUT2D eigenvalue weighted by Crippen LogP contribution is -1.92. The third kappa shape index (κ3) is 3.69. The molecule has 1 aromatic carbocycles. The van der Waals surface area contributed by atoms with E-state index in [2.05, 4.69) is 11.8 Å². The first kappa shape index (κ1) is 11.7. The molecule has 0 aliphatic rings. The van der Waals surface area contributed by atoms with Gasteiger partial charge < -0.3 is 5.73 Å². The van der Waals surface area contributed by atoms with Crippen molar-refractivity contribution in [2.45, 2.75) is 13.8 Å². The van der Waals surface area contributed by atoms with Gasteiger partial charge in [0.15, 0.2) is 5.12 Å². The van der Waals surface area contributed by atoms with Crippen molar-refractivity contribution in [1.82, 2.24) is 0 Å². The topological polar surface area (TPSA) is 43.1 Å². The molecule has 0 aliphatic carbocycles. The number of carbonyl (C=O) groups excluding carboxylic acids is 1. The van der Waals surface area contributed by atoms with E-state index in [1.807, 2.05) is 25.1 Å². The number of nitrogens with two attached hydrogens (primary N) is 1. The molecule has 3 heteroatoms. The van der Waals surface area contributed by atoms with Gasteiger partial charge >= 0.3 is 0 Å². The highest BCUT2D eigenvalue weighted by Crippen LogP contribution is 2.14. The van der Waals surface area contributed by atoms with Crippen molar-refractivity contribution in [2.24, 2.45) is 0 Å². The number of benzene rings is 1. The summed E-state index contributed by atoms with van der Waals surface area (Å²) in [6.45, 7) is 3.51. The van der Waals surface area contributed by atoms with Crippen LogP contribution in [0, 0.1) is 18.8 Å². The molecule has 2 nitrogen and oxygen atoms in total. The Labute approximate surface area is 94.2 Å². The van der Waals surface area contributed by atoms with E-state index >= 15 is 0 Å². The summed E-state index contributed by atoms with van der Waals surface area (Å²) in [5.74, 6) is 6.43. The van der Waals surface area contributed by atoms with Gasteiger partial charge in [-0.2, -0.15) is 0 Å². The first-order valence-corrected chi connectivity index (χ1v) is 5.57. The molecular formula is C12H13NOS. The van der Waals surface area contributed by atoms with Crippen LogP contribution in [-0.2, 0) is 4.79 Å². The Morgan fingerprint density at radius 3 is 2.87 bits per heavy atom. The molecule has 0 amide bonds. The summed E-state index contributed by atoms with van der Waals surface area (Å²) in [4.78, 5) is 10.7. The van der Waals surface area contributed by atoms with Crippen LogP contribution in [0.5, 0.6) is 0 Å². The second-order valence-electron chi connectivity index (χ2n) is 3.12. The summed E-state index contributed by atoms with van der Waals surface area (Å²) < 4.78 is 0. The molecule has 0 saturated carbocycles. The molecule has 0 aromatic heterocycles. The molecule has 0 unspecified atom stereocenters. The predicted molar refractivity (Wildman–Crippen MR) is 65.6 cm³/mol. The standard InChI is InChI=1S/C12H13NOS/c1-9-5-3-7-12(13)11(9)6-4-8-15-10(2)14/h3,5,7H,8,13H2,1-2H3. The van der Waals surface area contributed by atoms with Crippen LogP contribution in [0.3, 0.4) is 0 Å². The molecule has 0 aliphatic heterocycles. The van der Waals surface area contributed by atoms with E-state index in [0.717, 1.165) is 11.1 Å². The fraction of sp³-hybridized carbons (Fsp3) is 0.250. The fourth-order valence-electron chi connectivity index (χ4n) is 1.12. The van der Waals surface area contributed by atoms with Gasteiger partial charge in [-0.3, -0.25) is 4.79 Å². The van der Waals surface area contributed by atoms with Crippen LogP contribution in [0.2, 0.25) is 0 Å². The number of aryl methyl sites for hydroxylation is 1. The number of rotatable bonds is 1. The summed E-state index contributed by atoms with van der Waals surface area (Å²) in [7, 11) is 0. The lowest BCUT2D eigenvalue weighted by Gasteiger charge is -2.00. The van der Waals surface area contributed by atoms with Gasteiger partial charge in [-0.15, -0.1) is 0 Å². The zero-order chi connectivity index (χ0) is 11.3. The second kappa shape index (κ2) is 5.47. The molecule has 2 N–H and O–H groups in total. The first-order chi connectivity index (χ1) is 7.11. The van der Waals surface area contributed by atoms with Crippen LogP contribution in [-0.4, -0.2) is 10.9 Å². The molecule has 0 spiro atoms. The average Bonchev–Trinajstić information content (AvgIpc) is 2.15. The van der Waals surface area contributed by atoms with Crippen LogP contribution in [0.1, 0.15) is 18.1 Å². The van der Waals surface area contributed by atoms with Crippen molar-refractivity contribution in [3.8, 4) is 11.8 Å². The highest BCUT2D eigenvalue weighted by Gasteiger charge is 1.97. The molecule has 0 bridgehead atoms. The van der Waals surface area contributed by atoms with Gasteiger partial charge in [0, 0.05) is 12.6 Å². The molecule has 0 saturated heterocycles. The van der Waals surface area contributed by atoms with Gasteiger partial charge in [-0.1, -0.05) is 35.7 Å². The van der Waals surface area contributed by atoms with E-state index < -0.39 is 0 Å². The molecule has 78 valence electrons. The van der Waals surface area contributed by atoms with Crippen LogP contribution >= 0.6 is 11.8 Å². The predicted octanol–water partition coefficient (Wildman–Crippen LogP) is 2.21. The second-order valence-corrected chi connectivity index (χ2v) is 4.27. The summed E-state index contributed by atoms with van der Waals surface area (Å²) in [5, 5.41) is 0.0852. The Morgan fingerprint density at radius 2 is 2.27 bits per heavy atom. The van der Waals surface area contributed by atoms with Gasteiger partial charge in [0.05, 0.1) is 11.3 Å². The quantitative estimate of drug-likeness (QED) is 0.581. The van der Waals surface area contributed by atoms with Gasteiger partial charge in [0.2, 0.25) is 0 Å². The van der Waals surface area contributed by atoms with Crippen molar-refractivity contribution in [2.75, 3.05) is 11.5 Å². The zero-order valence-corrected chi connectivity index (χ0v) is 9.65. The molecular weight excluding hydrogens is 206 g/mol. The molecule has 1 rings (SSSR count). The van der Waals surface area contributed by atoms with E-state index in [0.29, 0.717) is 11.4 Å². The highest BCUT2D eigenvalue weighted by molar-refractivity contribution is 8.13. The molecule has 0 radical (unpaired) electrons. The maximum absolute atomic E-state index is 10.7. The SMILES string of the molecule is CC(=O)SCC#Cc1c(C)cccc1N. The van der Waals surface area contributed by atoms with Crippen molar-refractivity contribution in [1.29, 1.82) is 0 Å². The van der Waals surface area contributed by atoms with E-state index in [1.165, 1.54) is 18.7 Å². The monoisotopic (exact) mass is 219 g/mol. The molecule has 1 aromatic rings. The van der Waals surface area contributed by atoms with Crippen LogP contribution in [0.4, 0.5) is 5.69 Å². The Morgan fingerprint density at radius 1 is 1.53 bits per heavy atom. The third-order valence-corrected chi connectivity index (χ3v) is 2.56. The number of thioether (sulfide) groups is 1. The van der Waals surface area contributed by atoms with Crippen molar-refractivity contribution in [3.63, 3.8) is 0 Å². The Balaban J connectivity index is 2.75. The number of hydrogen-bond donors (Lipinski definition) is 1. The summed E-state index contributed by atoms with van der Waals surface area (Å²) in [6.07, 6.45) is 0. The minimum atomic E-state index is 0.0852. The van der Waals surface area contributed by atoms with Crippen LogP contribution in [0.15, 0.2) is 18.2 Å². The average molecular weight is 219 g/mol. The third-order valence-electron chi connectivity index (χ3n) is 1.87. The van der Waals surface area contributed by atoms with Gasteiger partial charge in [-0.25, -0.2) is 0 Å². The Hall–Kier alpha value is -1.40. The van der Waals surface area contributed by atoms with E-state index in [-0.39, 0.29) is 5.12 Å². The van der Waals surface area contributed by atoms with Crippen molar-refractivity contribution in [3.05, 3.63) is 29.3 Å². The van der Waals surface area contributed by atoms with Crippen molar-refractivity contribution < 1.29 is 4.79 Å². The maximum Gasteiger partial charge on any atom is 0.186 e. The molecule has 15 heavy (non-hydrogen) atoms.